The SMILES string of the molecule is O=[N+]([O-])/C=C/CCCBr. The van der Waals surface area contributed by atoms with Gasteiger partial charge in [-0.3, -0.25) is 10.1 Å². The molecule has 9 heavy (non-hydrogen) atoms. The molecule has 0 heterocycles. The zero-order chi connectivity index (χ0) is 7.11. The molecule has 0 aromatic rings. The van der Waals surface area contributed by atoms with Crippen LogP contribution in [0.1, 0.15) is 12.8 Å². The van der Waals surface area contributed by atoms with Gasteiger partial charge in [0.05, 0.1) is 4.92 Å². The normalized spacial score (nSPS) is 10.3. The highest BCUT2D eigenvalue weighted by molar-refractivity contribution is 9.09. The van der Waals surface area contributed by atoms with Gasteiger partial charge in [0.2, 0.25) is 6.20 Å². The fourth-order valence-corrected chi connectivity index (χ4v) is 0.679. The van der Waals surface area contributed by atoms with Crippen LogP contribution in [0, 0.1) is 10.1 Å². The molecule has 0 aromatic carbocycles. The van der Waals surface area contributed by atoms with Crippen LogP contribution in [0.15, 0.2) is 12.3 Å². The molecule has 52 valence electrons. The van der Waals surface area contributed by atoms with Gasteiger partial charge >= 0.3 is 0 Å². The molecule has 4 heteroatoms. The lowest BCUT2D eigenvalue weighted by Crippen LogP contribution is -1.82. The predicted octanol–water partition coefficient (Wildman–Crippen LogP) is 1.95. The van der Waals surface area contributed by atoms with Gasteiger partial charge < -0.3 is 0 Å². The van der Waals surface area contributed by atoms with Crippen molar-refractivity contribution in [1.82, 2.24) is 0 Å². The number of hydrogen-bond acceptors (Lipinski definition) is 2. The highest BCUT2D eigenvalue weighted by atomic mass is 79.9. The summed E-state index contributed by atoms with van der Waals surface area (Å²) in [4.78, 5) is 9.22. The third kappa shape index (κ3) is 7.62. The second kappa shape index (κ2) is 5.75. The maximum Gasteiger partial charge on any atom is 0.230 e. The lowest BCUT2D eigenvalue weighted by molar-refractivity contribution is -0.402. The third-order valence-corrected chi connectivity index (χ3v) is 1.29. The smallest absolute Gasteiger partial charge is 0.230 e. The summed E-state index contributed by atoms with van der Waals surface area (Å²) >= 11 is 3.21. The van der Waals surface area contributed by atoms with Crippen LogP contribution < -0.4 is 0 Å². The van der Waals surface area contributed by atoms with Crippen molar-refractivity contribution in [3.05, 3.63) is 22.4 Å². The van der Waals surface area contributed by atoms with Crippen molar-refractivity contribution >= 4 is 15.9 Å². The van der Waals surface area contributed by atoms with E-state index in [1.54, 1.807) is 6.08 Å². The van der Waals surface area contributed by atoms with Crippen LogP contribution in [0.25, 0.3) is 0 Å². The largest absolute Gasteiger partial charge is 0.259 e. The van der Waals surface area contributed by atoms with E-state index in [0.717, 1.165) is 24.4 Å². The fourth-order valence-electron chi connectivity index (χ4n) is 0.356. The van der Waals surface area contributed by atoms with Gasteiger partial charge in [-0.1, -0.05) is 15.9 Å². The number of alkyl halides is 1. The average Bonchev–Trinajstić information content (AvgIpc) is 1.80. The minimum Gasteiger partial charge on any atom is -0.259 e. The summed E-state index contributed by atoms with van der Waals surface area (Å²) in [6.45, 7) is 0. The van der Waals surface area contributed by atoms with Gasteiger partial charge in [-0.2, -0.15) is 0 Å². The molecule has 3 nitrogen and oxygen atoms in total. The van der Waals surface area contributed by atoms with Gasteiger partial charge in [0.15, 0.2) is 0 Å². The Labute approximate surface area is 62.0 Å². The summed E-state index contributed by atoms with van der Waals surface area (Å²) in [7, 11) is 0. The van der Waals surface area contributed by atoms with Gasteiger partial charge in [-0.25, -0.2) is 0 Å². The van der Waals surface area contributed by atoms with E-state index >= 15 is 0 Å². The summed E-state index contributed by atoms with van der Waals surface area (Å²) in [5, 5.41) is 10.6. The van der Waals surface area contributed by atoms with Crippen molar-refractivity contribution in [1.29, 1.82) is 0 Å². The first kappa shape index (κ1) is 8.62. The van der Waals surface area contributed by atoms with Crippen molar-refractivity contribution < 1.29 is 4.92 Å². The molecular formula is C5H8BrNO2. The van der Waals surface area contributed by atoms with Crippen LogP contribution in [0.4, 0.5) is 0 Å². The lowest BCUT2D eigenvalue weighted by Gasteiger charge is -1.82. The minimum absolute atomic E-state index is 0.450. The Morgan fingerprint density at radius 2 is 2.33 bits per heavy atom. The highest BCUT2D eigenvalue weighted by Gasteiger charge is 1.83. The average molecular weight is 194 g/mol. The van der Waals surface area contributed by atoms with Gasteiger partial charge in [0.1, 0.15) is 0 Å². The monoisotopic (exact) mass is 193 g/mol. The van der Waals surface area contributed by atoms with Crippen LogP contribution in [-0.4, -0.2) is 10.3 Å². The Morgan fingerprint density at radius 1 is 1.67 bits per heavy atom. The van der Waals surface area contributed by atoms with E-state index < -0.39 is 4.92 Å². The van der Waals surface area contributed by atoms with Crippen LogP contribution in [0.2, 0.25) is 0 Å². The summed E-state index contributed by atoms with van der Waals surface area (Å²) in [5.74, 6) is 0. The fraction of sp³-hybridized carbons (Fsp3) is 0.600. The van der Waals surface area contributed by atoms with Gasteiger partial charge in [-0.05, 0) is 18.9 Å². The van der Waals surface area contributed by atoms with Gasteiger partial charge in [0, 0.05) is 5.33 Å². The Hall–Kier alpha value is -0.380. The summed E-state index contributed by atoms with van der Waals surface area (Å²) in [6, 6.07) is 0. The Kier molecular flexibility index (Phi) is 5.51. The predicted molar refractivity (Wildman–Crippen MR) is 39.2 cm³/mol. The molecular weight excluding hydrogens is 186 g/mol. The van der Waals surface area contributed by atoms with Gasteiger partial charge in [-0.15, -0.1) is 0 Å². The third-order valence-electron chi connectivity index (χ3n) is 0.732. The minimum atomic E-state index is -0.450. The molecule has 0 aliphatic rings. The second-order valence-electron chi connectivity index (χ2n) is 1.50. The number of rotatable bonds is 4. The highest BCUT2D eigenvalue weighted by Crippen LogP contribution is 1.94. The molecule has 0 radical (unpaired) electrons. The van der Waals surface area contributed by atoms with E-state index in [1.165, 1.54) is 0 Å². The zero-order valence-electron chi connectivity index (χ0n) is 4.92. The van der Waals surface area contributed by atoms with E-state index in [4.69, 9.17) is 0 Å². The lowest BCUT2D eigenvalue weighted by atomic mass is 10.3. The number of hydrogen-bond donors (Lipinski definition) is 0. The molecule has 0 atom stereocenters. The molecule has 0 N–H and O–H groups in total. The van der Waals surface area contributed by atoms with E-state index in [1.807, 2.05) is 0 Å². The molecule has 0 aliphatic heterocycles. The zero-order valence-corrected chi connectivity index (χ0v) is 6.50. The first-order valence-electron chi connectivity index (χ1n) is 2.63. The van der Waals surface area contributed by atoms with Crippen LogP contribution in [-0.2, 0) is 0 Å². The van der Waals surface area contributed by atoms with Crippen molar-refractivity contribution in [2.75, 3.05) is 5.33 Å². The maximum atomic E-state index is 9.67. The maximum absolute atomic E-state index is 9.67. The Morgan fingerprint density at radius 3 is 2.78 bits per heavy atom. The molecule has 0 amide bonds. The van der Waals surface area contributed by atoms with E-state index in [-0.39, 0.29) is 0 Å². The number of nitrogens with zero attached hydrogens (tertiary/aromatic N) is 1. The first-order valence-corrected chi connectivity index (χ1v) is 3.75. The number of unbranched alkanes of at least 4 members (excludes halogenated alkanes) is 1. The van der Waals surface area contributed by atoms with Crippen LogP contribution >= 0.6 is 15.9 Å². The topological polar surface area (TPSA) is 43.1 Å². The molecule has 0 fully saturated rings. The summed E-state index contributed by atoms with van der Waals surface area (Å²) < 4.78 is 0. The molecule has 0 aliphatic carbocycles. The number of allylic oxidation sites excluding steroid dienone is 1. The molecule has 0 saturated carbocycles. The summed E-state index contributed by atoms with van der Waals surface area (Å²) in [6.07, 6.45) is 4.25. The van der Waals surface area contributed by atoms with E-state index in [2.05, 4.69) is 15.9 Å². The number of nitro groups is 1. The van der Waals surface area contributed by atoms with Crippen molar-refractivity contribution in [2.45, 2.75) is 12.8 Å². The Bertz CT molecular complexity index is 114. The molecule has 0 spiro atoms. The van der Waals surface area contributed by atoms with Crippen molar-refractivity contribution in [3.63, 3.8) is 0 Å². The second-order valence-corrected chi connectivity index (χ2v) is 2.29. The van der Waals surface area contributed by atoms with Crippen LogP contribution in [0.5, 0.6) is 0 Å². The van der Waals surface area contributed by atoms with Crippen molar-refractivity contribution in [3.8, 4) is 0 Å². The molecule has 0 rings (SSSR count). The summed E-state index contributed by atoms with van der Waals surface area (Å²) in [5.41, 5.74) is 0. The first-order chi connectivity index (χ1) is 4.27. The van der Waals surface area contributed by atoms with E-state index in [9.17, 15) is 10.1 Å². The van der Waals surface area contributed by atoms with Crippen LogP contribution in [0.3, 0.4) is 0 Å². The molecule has 0 aromatic heterocycles. The van der Waals surface area contributed by atoms with E-state index in [0.29, 0.717) is 0 Å². The number of halogens is 1. The quantitative estimate of drug-likeness (QED) is 0.297. The van der Waals surface area contributed by atoms with Gasteiger partial charge in [0.25, 0.3) is 0 Å². The molecule has 0 saturated heterocycles. The molecule has 0 bridgehead atoms. The standard InChI is InChI=1S/C5H8BrNO2/c6-4-2-1-3-5-7(8)9/h3,5H,1-2,4H2/b5-3+. The molecule has 0 unspecified atom stereocenters. The Balaban J connectivity index is 3.15. The van der Waals surface area contributed by atoms with Crippen molar-refractivity contribution in [2.24, 2.45) is 0 Å².